The Morgan fingerprint density at radius 2 is 1.87 bits per heavy atom. The van der Waals surface area contributed by atoms with E-state index in [2.05, 4.69) is 20.9 Å². The van der Waals surface area contributed by atoms with Gasteiger partial charge in [0.05, 0.1) is 12.2 Å². The van der Waals surface area contributed by atoms with Crippen molar-refractivity contribution in [3.63, 3.8) is 0 Å². The lowest BCUT2D eigenvalue weighted by Crippen LogP contribution is -2.32. The van der Waals surface area contributed by atoms with Crippen molar-refractivity contribution in [3.05, 3.63) is 63.6 Å². The fraction of sp³-hybridized carbons (Fsp3) is 0.143. The Labute approximate surface area is 136 Å². The Bertz CT molecular complexity index is 745. The van der Waals surface area contributed by atoms with Crippen LogP contribution >= 0.6 is 15.9 Å². The molecule has 0 saturated carbocycles. The minimum absolute atomic E-state index is 0.179. The number of aliphatic hydroxyl groups excluding tert-OH is 1. The largest absolute Gasteiger partial charge is 0.465 e. The molecular weight excluding hydrogens is 381 g/mol. The third-order valence-electron chi connectivity index (χ3n) is 3.06. The second-order valence-corrected chi connectivity index (χ2v) is 5.38. The number of carbonyl (C=O) groups is 1. The number of aliphatic hydroxyl groups is 1. The van der Waals surface area contributed by atoms with Crippen molar-refractivity contribution >= 4 is 22.0 Å². The SMILES string of the molecule is O=C(O)N[C@H](c1cc(Br)ncc1F)[C@@H](O)c1cc(F)ccc1F. The van der Waals surface area contributed by atoms with Crippen LogP contribution in [0.5, 0.6) is 0 Å². The van der Waals surface area contributed by atoms with Crippen LogP contribution in [0.2, 0.25) is 0 Å². The smallest absolute Gasteiger partial charge is 0.405 e. The van der Waals surface area contributed by atoms with Crippen molar-refractivity contribution in [2.75, 3.05) is 0 Å². The van der Waals surface area contributed by atoms with Gasteiger partial charge in [-0.3, -0.25) is 0 Å². The van der Waals surface area contributed by atoms with Crippen molar-refractivity contribution in [2.45, 2.75) is 12.1 Å². The molecule has 122 valence electrons. The van der Waals surface area contributed by atoms with Crippen LogP contribution in [0, 0.1) is 17.5 Å². The van der Waals surface area contributed by atoms with E-state index in [1.807, 2.05) is 5.32 Å². The minimum atomic E-state index is -1.86. The second-order valence-electron chi connectivity index (χ2n) is 4.57. The fourth-order valence-electron chi connectivity index (χ4n) is 2.05. The van der Waals surface area contributed by atoms with Gasteiger partial charge < -0.3 is 15.5 Å². The molecule has 0 radical (unpaired) electrons. The first kappa shape index (κ1) is 17.2. The van der Waals surface area contributed by atoms with Crippen molar-refractivity contribution in [1.29, 1.82) is 0 Å². The molecule has 0 fully saturated rings. The Kier molecular flexibility index (Phi) is 5.22. The summed E-state index contributed by atoms with van der Waals surface area (Å²) < 4.78 is 41.2. The standard InChI is InChI=1S/C14H10BrF3N2O3/c15-11-4-7(10(18)5-19-11)12(20-14(22)23)13(21)8-3-6(16)1-2-9(8)17/h1-5,12-13,20-21H,(H,22,23)/t12-,13+/m1/s1. The molecule has 2 atom stereocenters. The zero-order chi connectivity index (χ0) is 17.1. The van der Waals surface area contributed by atoms with Crippen LogP contribution in [0.4, 0.5) is 18.0 Å². The van der Waals surface area contributed by atoms with Crippen LogP contribution in [0.1, 0.15) is 23.3 Å². The van der Waals surface area contributed by atoms with Gasteiger partial charge in [-0.15, -0.1) is 0 Å². The molecule has 1 amide bonds. The van der Waals surface area contributed by atoms with Crippen LogP contribution in [-0.4, -0.2) is 21.3 Å². The fourth-order valence-corrected chi connectivity index (χ4v) is 2.40. The van der Waals surface area contributed by atoms with E-state index >= 15 is 0 Å². The zero-order valence-corrected chi connectivity index (χ0v) is 12.9. The highest BCUT2D eigenvalue weighted by Gasteiger charge is 2.29. The molecule has 0 spiro atoms. The lowest BCUT2D eigenvalue weighted by Gasteiger charge is -2.24. The molecule has 3 N–H and O–H groups in total. The molecule has 5 nitrogen and oxygen atoms in total. The molecule has 1 aromatic carbocycles. The number of amides is 1. The predicted molar refractivity (Wildman–Crippen MR) is 77.1 cm³/mol. The number of benzene rings is 1. The first-order chi connectivity index (χ1) is 10.8. The van der Waals surface area contributed by atoms with E-state index in [4.69, 9.17) is 5.11 Å². The lowest BCUT2D eigenvalue weighted by atomic mass is 9.95. The van der Waals surface area contributed by atoms with Crippen molar-refractivity contribution in [1.82, 2.24) is 10.3 Å². The van der Waals surface area contributed by atoms with Gasteiger partial charge in [-0.05, 0) is 40.2 Å². The summed E-state index contributed by atoms with van der Waals surface area (Å²) in [5, 5.41) is 21.1. The van der Waals surface area contributed by atoms with Gasteiger partial charge in [-0.1, -0.05) is 0 Å². The second kappa shape index (κ2) is 6.97. The van der Waals surface area contributed by atoms with E-state index in [1.54, 1.807) is 0 Å². The molecule has 0 aliphatic heterocycles. The average Bonchev–Trinajstić information content (AvgIpc) is 2.49. The van der Waals surface area contributed by atoms with Gasteiger partial charge in [-0.25, -0.2) is 22.9 Å². The molecule has 2 rings (SSSR count). The minimum Gasteiger partial charge on any atom is -0.465 e. The summed E-state index contributed by atoms with van der Waals surface area (Å²) in [6.45, 7) is 0. The van der Waals surface area contributed by atoms with Crippen LogP contribution in [0.15, 0.2) is 35.1 Å². The molecule has 0 bridgehead atoms. The maximum absolute atomic E-state index is 13.9. The van der Waals surface area contributed by atoms with E-state index < -0.39 is 41.3 Å². The molecule has 0 unspecified atom stereocenters. The van der Waals surface area contributed by atoms with Gasteiger partial charge in [-0.2, -0.15) is 0 Å². The van der Waals surface area contributed by atoms with Gasteiger partial charge >= 0.3 is 6.09 Å². The van der Waals surface area contributed by atoms with E-state index in [9.17, 15) is 23.1 Å². The first-order valence-corrected chi connectivity index (χ1v) is 7.02. The lowest BCUT2D eigenvalue weighted by molar-refractivity contribution is 0.115. The molecular formula is C14H10BrF3N2O3. The number of nitrogens with one attached hydrogen (secondary N) is 1. The molecule has 0 saturated heterocycles. The summed E-state index contributed by atoms with van der Waals surface area (Å²) in [6.07, 6.45) is -2.62. The highest BCUT2D eigenvalue weighted by atomic mass is 79.9. The molecule has 9 heteroatoms. The monoisotopic (exact) mass is 390 g/mol. The van der Waals surface area contributed by atoms with E-state index in [1.165, 1.54) is 0 Å². The highest BCUT2D eigenvalue weighted by Crippen LogP contribution is 2.33. The molecule has 2 aromatic rings. The number of pyridine rings is 1. The maximum Gasteiger partial charge on any atom is 0.405 e. The van der Waals surface area contributed by atoms with Crippen molar-refractivity contribution in [3.8, 4) is 0 Å². The number of hydrogen-bond acceptors (Lipinski definition) is 3. The Balaban J connectivity index is 2.51. The predicted octanol–water partition coefficient (Wildman–Crippen LogP) is 3.30. The number of aromatic nitrogens is 1. The summed E-state index contributed by atoms with van der Waals surface area (Å²) in [5.41, 5.74) is -0.776. The van der Waals surface area contributed by atoms with Gasteiger partial charge in [0.15, 0.2) is 0 Å². The topological polar surface area (TPSA) is 82.5 Å². The number of halogens is 4. The zero-order valence-electron chi connectivity index (χ0n) is 11.3. The van der Waals surface area contributed by atoms with Crippen LogP contribution in [-0.2, 0) is 0 Å². The van der Waals surface area contributed by atoms with Crippen LogP contribution in [0.3, 0.4) is 0 Å². The summed E-state index contributed by atoms with van der Waals surface area (Å²) in [5.74, 6) is -2.70. The number of carboxylic acid groups (broad SMARTS) is 1. The first-order valence-electron chi connectivity index (χ1n) is 6.23. The van der Waals surface area contributed by atoms with Crippen molar-refractivity contribution in [2.24, 2.45) is 0 Å². The quantitative estimate of drug-likeness (QED) is 0.699. The van der Waals surface area contributed by atoms with Gasteiger partial charge in [0.1, 0.15) is 28.2 Å². The number of nitrogens with zero attached hydrogens (tertiary/aromatic N) is 1. The van der Waals surface area contributed by atoms with Gasteiger partial charge in [0.25, 0.3) is 0 Å². The molecule has 23 heavy (non-hydrogen) atoms. The Morgan fingerprint density at radius 3 is 2.52 bits per heavy atom. The van der Waals surface area contributed by atoms with E-state index in [0.717, 1.165) is 24.4 Å². The third kappa shape index (κ3) is 3.99. The summed E-state index contributed by atoms with van der Waals surface area (Å²) in [6, 6.07) is 1.91. The normalized spacial score (nSPS) is 13.4. The number of rotatable bonds is 4. The van der Waals surface area contributed by atoms with Gasteiger partial charge in [0.2, 0.25) is 0 Å². The summed E-state index contributed by atoms with van der Waals surface area (Å²) in [4.78, 5) is 14.5. The van der Waals surface area contributed by atoms with E-state index in [-0.39, 0.29) is 10.2 Å². The average molecular weight is 391 g/mol. The Hall–Kier alpha value is -2.13. The highest BCUT2D eigenvalue weighted by molar-refractivity contribution is 9.10. The maximum atomic E-state index is 13.9. The van der Waals surface area contributed by atoms with Gasteiger partial charge in [0, 0.05) is 11.1 Å². The molecule has 1 heterocycles. The summed E-state index contributed by atoms with van der Waals surface area (Å²) in [7, 11) is 0. The van der Waals surface area contributed by atoms with Crippen LogP contribution in [0.25, 0.3) is 0 Å². The van der Waals surface area contributed by atoms with E-state index in [0.29, 0.717) is 6.07 Å². The molecule has 0 aliphatic rings. The molecule has 0 aliphatic carbocycles. The molecule has 1 aromatic heterocycles. The Morgan fingerprint density at radius 1 is 1.17 bits per heavy atom. The third-order valence-corrected chi connectivity index (χ3v) is 3.49. The number of hydrogen-bond donors (Lipinski definition) is 3. The summed E-state index contributed by atoms with van der Waals surface area (Å²) >= 11 is 2.99. The van der Waals surface area contributed by atoms with Crippen molar-refractivity contribution < 1.29 is 28.2 Å². The van der Waals surface area contributed by atoms with Crippen LogP contribution < -0.4 is 5.32 Å².